The maximum atomic E-state index is 12.8. The summed E-state index contributed by atoms with van der Waals surface area (Å²) < 4.78 is 0. The van der Waals surface area contributed by atoms with Gasteiger partial charge in [0.05, 0.1) is 0 Å². The van der Waals surface area contributed by atoms with E-state index in [1.807, 2.05) is 46.2 Å². The van der Waals surface area contributed by atoms with E-state index in [1.54, 1.807) is 0 Å². The number of likely N-dealkylation sites (tertiary alicyclic amines) is 1. The average Bonchev–Trinajstić information content (AvgIpc) is 2.84. The first-order valence-corrected chi connectivity index (χ1v) is 11.4. The lowest BCUT2D eigenvalue weighted by Crippen LogP contribution is -2.49. The van der Waals surface area contributed by atoms with Gasteiger partial charge in [-0.3, -0.25) is 4.79 Å². The molecule has 0 radical (unpaired) electrons. The lowest BCUT2D eigenvalue weighted by Gasteiger charge is -2.37. The van der Waals surface area contributed by atoms with Crippen LogP contribution in [0.3, 0.4) is 0 Å². The first-order chi connectivity index (χ1) is 15.2. The number of carbonyl (C=O) groups is 2. The molecule has 1 N–H and O–H groups in total. The number of hydrogen-bond acceptors (Lipinski definition) is 3. The number of piperidine rings is 1. The van der Waals surface area contributed by atoms with E-state index in [4.69, 9.17) is 0 Å². The summed E-state index contributed by atoms with van der Waals surface area (Å²) in [7, 11) is 0. The predicted molar refractivity (Wildman–Crippen MR) is 124 cm³/mol. The van der Waals surface area contributed by atoms with Gasteiger partial charge in [0.1, 0.15) is 0 Å². The molecule has 4 rings (SSSR count). The highest BCUT2D eigenvalue weighted by Crippen LogP contribution is 2.23. The smallest absolute Gasteiger partial charge is 0.321 e. The van der Waals surface area contributed by atoms with Crippen LogP contribution in [-0.2, 0) is 4.79 Å². The van der Waals surface area contributed by atoms with Gasteiger partial charge in [0.15, 0.2) is 0 Å². The fourth-order valence-electron chi connectivity index (χ4n) is 4.55. The molecule has 1 atom stereocenters. The zero-order valence-corrected chi connectivity index (χ0v) is 18.1. The van der Waals surface area contributed by atoms with E-state index in [1.165, 1.54) is 5.69 Å². The van der Waals surface area contributed by atoms with Crippen LogP contribution in [-0.4, -0.2) is 61.0 Å². The number of amides is 3. The van der Waals surface area contributed by atoms with Gasteiger partial charge in [-0.05, 0) is 49.4 Å². The van der Waals surface area contributed by atoms with E-state index in [9.17, 15) is 9.59 Å². The molecule has 3 amide bonds. The fourth-order valence-corrected chi connectivity index (χ4v) is 4.55. The normalized spacial score (nSPS) is 19.2. The molecule has 2 saturated heterocycles. The number of nitrogens with zero attached hydrogens (tertiary/aromatic N) is 3. The van der Waals surface area contributed by atoms with Gasteiger partial charge in [-0.1, -0.05) is 36.4 Å². The number of benzene rings is 2. The standard InChI is InChI=1S/C25H32N4O2/c30-24(28-18-16-27(17-19-28)23-11-5-2-6-12-23)14-13-21-8-7-15-29(20-21)25(31)26-22-9-3-1-4-10-22/h1-6,9-12,21H,7-8,13-20H2,(H,26,31)/t21-/m0/s1. The van der Waals surface area contributed by atoms with Crippen molar-refractivity contribution >= 4 is 23.3 Å². The highest BCUT2D eigenvalue weighted by Gasteiger charge is 2.26. The number of nitrogens with one attached hydrogen (secondary N) is 1. The first kappa shape index (κ1) is 21.2. The zero-order valence-electron chi connectivity index (χ0n) is 18.1. The summed E-state index contributed by atoms with van der Waals surface area (Å²) in [5.74, 6) is 0.642. The Balaban J connectivity index is 1.20. The lowest BCUT2D eigenvalue weighted by atomic mass is 9.93. The van der Waals surface area contributed by atoms with Gasteiger partial charge < -0.3 is 20.0 Å². The molecule has 2 heterocycles. The van der Waals surface area contributed by atoms with Crippen molar-refractivity contribution in [3.05, 3.63) is 60.7 Å². The van der Waals surface area contributed by atoms with E-state index >= 15 is 0 Å². The van der Waals surface area contributed by atoms with Crippen LogP contribution in [0.25, 0.3) is 0 Å². The van der Waals surface area contributed by atoms with E-state index in [0.717, 1.165) is 64.2 Å². The highest BCUT2D eigenvalue weighted by molar-refractivity contribution is 5.89. The van der Waals surface area contributed by atoms with Crippen LogP contribution in [0.5, 0.6) is 0 Å². The van der Waals surface area contributed by atoms with Crippen LogP contribution in [0.2, 0.25) is 0 Å². The minimum atomic E-state index is -0.0424. The van der Waals surface area contributed by atoms with Crippen molar-refractivity contribution in [1.82, 2.24) is 9.80 Å². The van der Waals surface area contributed by atoms with Gasteiger partial charge in [0, 0.05) is 57.1 Å². The van der Waals surface area contributed by atoms with Gasteiger partial charge in [0.2, 0.25) is 5.91 Å². The number of urea groups is 1. The molecule has 0 aromatic heterocycles. The molecule has 2 aromatic carbocycles. The van der Waals surface area contributed by atoms with E-state index in [-0.39, 0.29) is 11.9 Å². The highest BCUT2D eigenvalue weighted by atomic mass is 16.2. The quantitative estimate of drug-likeness (QED) is 0.794. The topological polar surface area (TPSA) is 55.9 Å². The molecule has 6 nitrogen and oxygen atoms in total. The van der Waals surface area contributed by atoms with Gasteiger partial charge in [-0.15, -0.1) is 0 Å². The van der Waals surface area contributed by atoms with Crippen molar-refractivity contribution in [3.63, 3.8) is 0 Å². The molecule has 2 fully saturated rings. The number of anilines is 2. The van der Waals surface area contributed by atoms with Crippen molar-refractivity contribution in [2.24, 2.45) is 5.92 Å². The van der Waals surface area contributed by atoms with Crippen molar-refractivity contribution in [2.75, 3.05) is 49.5 Å². The Kier molecular flexibility index (Phi) is 7.07. The zero-order chi connectivity index (χ0) is 21.5. The Morgan fingerprint density at radius 3 is 2.23 bits per heavy atom. The molecule has 0 spiro atoms. The van der Waals surface area contributed by atoms with Crippen LogP contribution in [0.15, 0.2) is 60.7 Å². The van der Waals surface area contributed by atoms with Crippen molar-refractivity contribution in [1.29, 1.82) is 0 Å². The Bertz CT molecular complexity index is 850. The Labute approximate surface area is 184 Å². The molecule has 0 bridgehead atoms. The summed E-state index contributed by atoms with van der Waals surface area (Å²) in [6.45, 7) is 4.84. The summed E-state index contributed by atoms with van der Waals surface area (Å²) in [4.78, 5) is 31.6. The molecule has 0 unspecified atom stereocenters. The van der Waals surface area contributed by atoms with Crippen molar-refractivity contribution in [3.8, 4) is 0 Å². The molecule has 2 aromatic rings. The number of piperazine rings is 1. The third kappa shape index (κ3) is 5.78. The molecular formula is C25H32N4O2. The molecule has 0 aliphatic carbocycles. The molecular weight excluding hydrogens is 388 g/mol. The maximum absolute atomic E-state index is 12.8. The van der Waals surface area contributed by atoms with Gasteiger partial charge >= 0.3 is 6.03 Å². The number of hydrogen-bond donors (Lipinski definition) is 1. The summed E-state index contributed by atoms with van der Waals surface area (Å²) >= 11 is 0. The second-order valence-electron chi connectivity index (χ2n) is 8.49. The van der Waals surface area contributed by atoms with Crippen molar-refractivity contribution < 1.29 is 9.59 Å². The van der Waals surface area contributed by atoms with Crippen LogP contribution in [0, 0.1) is 5.92 Å². The molecule has 2 aliphatic rings. The third-order valence-corrected chi connectivity index (χ3v) is 6.35. The second-order valence-corrected chi connectivity index (χ2v) is 8.49. The number of para-hydroxylation sites is 2. The van der Waals surface area contributed by atoms with Gasteiger partial charge in [-0.25, -0.2) is 4.79 Å². The Morgan fingerprint density at radius 1 is 0.839 bits per heavy atom. The summed E-state index contributed by atoms with van der Waals surface area (Å²) in [5, 5.41) is 2.97. The van der Waals surface area contributed by atoms with E-state index in [2.05, 4.69) is 34.5 Å². The van der Waals surface area contributed by atoms with Crippen LogP contribution < -0.4 is 10.2 Å². The molecule has 31 heavy (non-hydrogen) atoms. The summed E-state index contributed by atoms with van der Waals surface area (Å²) in [6.07, 6.45) is 3.51. The fraction of sp³-hybridized carbons (Fsp3) is 0.440. The predicted octanol–water partition coefficient (Wildman–Crippen LogP) is 4.06. The third-order valence-electron chi connectivity index (χ3n) is 6.35. The van der Waals surface area contributed by atoms with Gasteiger partial charge in [0.25, 0.3) is 0 Å². The minimum absolute atomic E-state index is 0.0424. The number of carbonyl (C=O) groups excluding carboxylic acids is 2. The average molecular weight is 421 g/mol. The second kappa shape index (κ2) is 10.3. The van der Waals surface area contributed by atoms with Crippen LogP contribution >= 0.6 is 0 Å². The van der Waals surface area contributed by atoms with E-state index < -0.39 is 0 Å². The SMILES string of the molecule is O=C(CC[C@@H]1CCCN(C(=O)Nc2ccccc2)C1)N1CCN(c2ccccc2)CC1. The Morgan fingerprint density at radius 2 is 1.52 bits per heavy atom. The van der Waals surface area contributed by atoms with Gasteiger partial charge in [-0.2, -0.15) is 0 Å². The maximum Gasteiger partial charge on any atom is 0.321 e. The summed E-state index contributed by atoms with van der Waals surface area (Å²) in [6, 6.07) is 19.9. The summed E-state index contributed by atoms with van der Waals surface area (Å²) in [5.41, 5.74) is 2.05. The lowest BCUT2D eigenvalue weighted by molar-refractivity contribution is -0.131. The largest absolute Gasteiger partial charge is 0.368 e. The van der Waals surface area contributed by atoms with Crippen LogP contribution in [0.4, 0.5) is 16.2 Å². The molecule has 164 valence electrons. The monoisotopic (exact) mass is 420 g/mol. The molecule has 2 aliphatic heterocycles. The minimum Gasteiger partial charge on any atom is -0.368 e. The van der Waals surface area contributed by atoms with Crippen molar-refractivity contribution in [2.45, 2.75) is 25.7 Å². The molecule has 0 saturated carbocycles. The first-order valence-electron chi connectivity index (χ1n) is 11.4. The molecule has 6 heteroatoms. The van der Waals surface area contributed by atoms with E-state index in [0.29, 0.717) is 12.3 Å². The Hall–Kier alpha value is -3.02. The van der Waals surface area contributed by atoms with Crippen LogP contribution in [0.1, 0.15) is 25.7 Å². The number of rotatable bonds is 5.